The molecule has 0 aromatic heterocycles. The number of unbranched alkanes of at least 4 members (excludes halogenated alkanes) is 1. The van der Waals surface area contributed by atoms with Gasteiger partial charge in [-0.25, -0.2) is 0 Å². The van der Waals surface area contributed by atoms with Gasteiger partial charge < -0.3 is 10.6 Å². The minimum Gasteiger partial charge on any atom is -0.352 e. The van der Waals surface area contributed by atoms with Crippen molar-refractivity contribution in [2.75, 3.05) is 11.9 Å². The van der Waals surface area contributed by atoms with E-state index in [-0.39, 0.29) is 24.9 Å². The van der Waals surface area contributed by atoms with E-state index >= 15 is 0 Å². The van der Waals surface area contributed by atoms with E-state index in [9.17, 15) is 35.9 Å². The highest BCUT2D eigenvalue weighted by atomic mass is 35.5. The molecular weight excluding hydrogens is 450 g/mol. The van der Waals surface area contributed by atoms with E-state index in [1.54, 1.807) is 24.3 Å². The number of carbonyl (C=O) groups excluding carboxylic acids is 2. The molecule has 0 bridgehead atoms. The fourth-order valence-corrected chi connectivity index (χ4v) is 2.68. The molecule has 31 heavy (non-hydrogen) atoms. The molecule has 0 fully saturated rings. The number of anilines is 1. The van der Waals surface area contributed by atoms with Crippen LogP contribution >= 0.6 is 11.6 Å². The number of halogens is 7. The van der Waals surface area contributed by atoms with Gasteiger partial charge in [0.05, 0.1) is 11.1 Å². The maximum Gasteiger partial charge on any atom is 0.416 e. The van der Waals surface area contributed by atoms with Gasteiger partial charge in [0.25, 0.3) is 5.91 Å². The van der Waals surface area contributed by atoms with Crippen LogP contribution in [0, 0.1) is 0 Å². The Morgan fingerprint density at radius 3 is 1.90 bits per heavy atom. The zero-order valence-corrected chi connectivity index (χ0v) is 16.6. The summed E-state index contributed by atoms with van der Waals surface area (Å²) in [6.07, 6.45) is -9.32. The molecule has 11 heteroatoms. The van der Waals surface area contributed by atoms with Crippen LogP contribution < -0.4 is 10.6 Å². The predicted molar refractivity (Wildman–Crippen MR) is 103 cm³/mol. The Labute approximate surface area is 178 Å². The van der Waals surface area contributed by atoms with Crippen molar-refractivity contribution in [3.8, 4) is 0 Å². The molecule has 0 heterocycles. The highest BCUT2D eigenvalue weighted by Crippen LogP contribution is 2.36. The summed E-state index contributed by atoms with van der Waals surface area (Å²) in [5.41, 5.74) is -3.33. The lowest BCUT2D eigenvalue weighted by Gasteiger charge is -2.14. The van der Waals surface area contributed by atoms with Crippen LogP contribution in [0.4, 0.5) is 32.0 Å². The molecule has 0 aliphatic heterocycles. The van der Waals surface area contributed by atoms with Crippen molar-refractivity contribution in [2.45, 2.75) is 31.6 Å². The molecule has 168 valence electrons. The van der Waals surface area contributed by atoms with Gasteiger partial charge in [0.2, 0.25) is 5.91 Å². The highest BCUT2D eigenvalue weighted by molar-refractivity contribution is 6.30. The number of hydrogen-bond donors (Lipinski definition) is 2. The standard InChI is InChI=1S/C20H17ClF6N2O2/c21-15-4-6-16(7-5-15)29-17(30)3-1-2-8-28-18(31)12-9-13(19(22,23)24)11-14(10-12)20(25,26)27/h4-7,9-11H,1-3,8H2,(H,28,31)(H,29,30). The van der Waals surface area contributed by atoms with Gasteiger partial charge in [0, 0.05) is 29.2 Å². The Morgan fingerprint density at radius 2 is 1.39 bits per heavy atom. The van der Waals surface area contributed by atoms with Crippen LogP contribution in [0.2, 0.25) is 5.02 Å². The zero-order chi connectivity index (χ0) is 23.2. The van der Waals surface area contributed by atoms with Crippen LogP contribution in [0.25, 0.3) is 0 Å². The Balaban J connectivity index is 1.86. The normalized spacial score (nSPS) is 11.8. The van der Waals surface area contributed by atoms with E-state index in [1.165, 1.54) is 0 Å². The molecule has 0 radical (unpaired) electrons. The van der Waals surface area contributed by atoms with Crippen LogP contribution in [0.5, 0.6) is 0 Å². The van der Waals surface area contributed by atoms with Crippen molar-refractivity contribution < 1.29 is 35.9 Å². The van der Waals surface area contributed by atoms with E-state index < -0.39 is 35.0 Å². The third kappa shape index (κ3) is 7.78. The summed E-state index contributed by atoms with van der Waals surface area (Å²) in [5, 5.41) is 5.41. The Kier molecular flexibility index (Phi) is 7.94. The molecule has 0 atom stereocenters. The fourth-order valence-electron chi connectivity index (χ4n) is 2.56. The fraction of sp³-hybridized carbons (Fsp3) is 0.300. The lowest BCUT2D eigenvalue weighted by atomic mass is 10.0. The van der Waals surface area contributed by atoms with E-state index in [0.29, 0.717) is 35.7 Å². The summed E-state index contributed by atoms with van der Waals surface area (Å²) < 4.78 is 77.2. The first-order valence-corrected chi connectivity index (χ1v) is 9.37. The number of rotatable bonds is 7. The quantitative estimate of drug-likeness (QED) is 0.393. The molecule has 2 N–H and O–H groups in total. The Hall–Kier alpha value is -2.75. The topological polar surface area (TPSA) is 58.2 Å². The van der Waals surface area contributed by atoms with Crippen LogP contribution in [0.15, 0.2) is 42.5 Å². The zero-order valence-electron chi connectivity index (χ0n) is 15.8. The SMILES string of the molecule is O=C(CCCCNC(=O)c1cc(C(F)(F)F)cc(C(F)(F)F)c1)Nc1ccc(Cl)cc1. The van der Waals surface area contributed by atoms with Gasteiger partial charge in [-0.15, -0.1) is 0 Å². The monoisotopic (exact) mass is 466 g/mol. The first-order valence-electron chi connectivity index (χ1n) is 8.99. The summed E-state index contributed by atoms with van der Waals surface area (Å²) >= 11 is 5.74. The third-order valence-corrected chi connectivity index (χ3v) is 4.35. The van der Waals surface area contributed by atoms with Crippen LogP contribution in [0.1, 0.15) is 40.7 Å². The number of nitrogens with one attached hydrogen (secondary N) is 2. The van der Waals surface area contributed by atoms with Gasteiger partial charge in [-0.2, -0.15) is 26.3 Å². The number of amides is 2. The molecule has 2 amide bonds. The second-order valence-electron chi connectivity index (χ2n) is 6.56. The molecule has 2 aromatic rings. The second-order valence-corrected chi connectivity index (χ2v) is 7.00. The maximum absolute atomic E-state index is 12.9. The molecule has 0 spiro atoms. The smallest absolute Gasteiger partial charge is 0.352 e. The van der Waals surface area contributed by atoms with Crippen molar-refractivity contribution in [3.63, 3.8) is 0 Å². The Morgan fingerprint density at radius 1 is 0.839 bits per heavy atom. The first-order chi connectivity index (χ1) is 14.4. The molecule has 2 rings (SSSR count). The van der Waals surface area contributed by atoms with E-state index in [2.05, 4.69) is 10.6 Å². The van der Waals surface area contributed by atoms with Gasteiger partial charge in [-0.05, 0) is 55.3 Å². The molecule has 4 nitrogen and oxygen atoms in total. The highest BCUT2D eigenvalue weighted by Gasteiger charge is 2.37. The van der Waals surface area contributed by atoms with Crippen molar-refractivity contribution in [1.29, 1.82) is 0 Å². The maximum atomic E-state index is 12.9. The molecule has 0 aliphatic carbocycles. The van der Waals surface area contributed by atoms with Crippen molar-refractivity contribution in [2.24, 2.45) is 0 Å². The molecule has 2 aromatic carbocycles. The molecule has 0 aliphatic rings. The Bertz CT molecular complexity index is 894. The van der Waals surface area contributed by atoms with E-state index in [1.807, 2.05) is 0 Å². The van der Waals surface area contributed by atoms with Gasteiger partial charge in [0.15, 0.2) is 0 Å². The number of benzene rings is 2. The van der Waals surface area contributed by atoms with Crippen LogP contribution in [-0.4, -0.2) is 18.4 Å². The van der Waals surface area contributed by atoms with Crippen LogP contribution in [0.3, 0.4) is 0 Å². The second kappa shape index (κ2) is 10.0. The number of alkyl halides is 6. The third-order valence-electron chi connectivity index (χ3n) is 4.09. The molecule has 0 saturated heterocycles. The number of hydrogen-bond acceptors (Lipinski definition) is 2. The lowest BCUT2D eigenvalue weighted by molar-refractivity contribution is -0.143. The van der Waals surface area contributed by atoms with Crippen LogP contribution in [-0.2, 0) is 17.1 Å². The van der Waals surface area contributed by atoms with Gasteiger partial charge >= 0.3 is 12.4 Å². The summed E-state index contributed by atoms with van der Waals surface area (Å²) in [7, 11) is 0. The lowest BCUT2D eigenvalue weighted by Crippen LogP contribution is -2.26. The summed E-state index contributed by atoms with van der Waals surface area (Å²) in [4.78, 5) is 23.9. The van der Waals surface area contributed by atoms with Crippen molar-refractivity contribution >= 4 is 29.1 Å². The number of carbonyl (C=O) groups is 2. The van der Waals surface area contributed by atoms with Crippen molar-refractivity contribution in [1.82, 2.24) is 5.32 Å². The van der Waals surface area contributed by atoms with E-state index in [4.69, 9.17) is 11.6 Å². The van der Waals surface area contributed by atoms with Crippen molar-refractivity contribution in [3.05, 3.63) is 64.2 Å². The minimum absolute atomic E-state index is 0.0232. The first kappa shape index (κ1) is 24.5. The van der Waals surface area contributed by atoms with E-state index in [0.717, 1.165) is 0 Å². The largest absolute Gasteiger partial charge is 0.416 e. The van der Waals surface area contributed by atoms with Gasteiger partial charge in [-0.3, -0.25) is 9.59 Å². The van der Waals surface area contributed by atoms with Gasteiger partial charge in [0.1, 0.15) is 0 Å². The molecule has 0 saturated carbocycles. The minimum atomic E-state index is -5.03. The molecule has 0 unspecified atom stereocenters. The summed E-state index contributed by atoms with van der Waals surface area (Å²) in [6.45, 7) is -0.0232. The summed E-state index contributed by atoms with van der Waals surface area (Å²) in [6, 6.07) is 7.12. The average molecular weight is 467 g/mol. The molecular formula is C20H17ClF6N2O2. The predicted octanol–water partition coefficient (Wildman–Crippen LogP) is 5.92. The average Bonchev–Trinajstić information content (AvgIpc) is 2.67. The summed E-state index contributed by atoms with van der Waals surface area (Å²) in [5.74, 6) is -1.36. The van der Waals surface area contributed by atoms with Gasteiger partial charge in [-0.1, -0.05) is 11.6 Å².